The smallest absolute Gasteiger partial charge is 0.338 e. The molecule has 12 nitrogen and oxygen atoms in total. The fraction of sp³-hybridized carbons (Fsp3) is 0.500. The van der Waals surface area contributed by atoms with Gasteiger partial charge in [0.1, 0.15) is 17.9 Å². The van der Waals surface area contributed by atoms with Crippen molar-refractivity contribution in [3.63, 3.8) is 0 Å². The number of carbonyl (C=O) groups excluding carboxylic acids is 2. The Balaban J connectivity index is 1.56. The minimum absolute atomic E-state index is 0.0204. The number of esters is 1. The number of nitrogens with zero attached hydrogens (tertiary/aromatic N) is 5. The van der Waals surface area contributed by atoms with Gasteiger partial charge in [-0.15, -0.1) is 11.3 Å². The van der Waals surface area contributed by atoms with Gasteiger partial charge in [-0.25, -0.2) is 32.8 Å². The van der Waals surface area contributed by atoms with Crippen molar-refractivity contribution in [1.29, 1.82) is 0 Å². The Hall–Kier alpha value is -4.02. The van der Waals surface area contributed by atoms with Gasteiger partial charge in [0.25, 0.3) is 5.92 Å². The molecule has 2 aromatic rings. The molecule has 5 rings (SSSR count). The number of carbonyl (C=O) groups is 3. The summed E-state index contributed by atoms with van der Waals surface area (Å²) in [5, 5.41) is 17.1. The molecule has 1 aromatic carbocycles. The van der Waals surface area contributed by atoms with Crippen LogP contribution in [0.5, 0.6) is 0 Å². The van der Waals surface area contributed by atoms with Crippen molar-refractivity contribution in [3.8, 4) is 0 Å². The molecular formula is C30H36F3N7O5S. The number of hydrazine groups is 1. The van der Waals surface area contributed by atoms with Gasteiger partial charge >= 0.3 is 18.0 Å². The number of hydrogen-bond donors (Lipinski definition) is 3. The normalized spacial score (nSPS) is 23.2. The van der Waals surface area contributed by atoms with Gasteiger partial charge in [-0.3, -0.25) is 19.7 Å². The Kier molecular flexibility index (Phi) is 9.16. The van der Waals surface area contributed by atoms with E-state index in [1.165, 1.54) is 47.2 Å². The molecule has 0 bridgehead atoms. The molecule has 0 aliphatic carbocycles. The predicted molar refractivity (Wildman–Crippen MR) is 162 cm³/mol. The van der Waals surface area contributed by atoms with E-state index in [2.05, 4.69) is 10.3 Å². The maximum absolute atomic E-state index is 15.9. The van der Waals surface area contributed by atoms with Gasteiger partial charge in [0.15, 0.2) is 10.8 Å². The molecule has 2 amide bonds. The standard InChI is InChI=1S/C30H36F3N7O5S/c1-5-45-26(41)21-19(36-24(25-35-10-12-46-25)37-22(21)17-7-6-8-18(31)16(17)2)13-38-15-30(32,33)23-20(38)14-40(28(34)44)39(23)11-9-29(3,4)27(42)43/h6-8,10,12,20,22-23H,5,9,11,13-15H2,1-4H3,(H2,34,44)(H,36,37)(H,42,43)/t20-,22-,23+/m0/s1. The van der Waals surface area contributed by atoms with E-state index in [1.54, 1.807) is 31.5 Å². The van der Waals surface area contributed by atoms with Crippen molar-refractivity contribution in [2.75, 3.05) is 32.8 Å². The number of rotatable bonds is 10. The minimum Gasteiger partial charge on any atom is -0.481 e. The number of nitrogens with two attached hydrogens (primary N) is 1. The third-order valence-corrected chi connectivity index (χ3v) is 9.47. The number of hydrogen-bond acceptors (Lipinski definition) is 10. The number of alkyl halides is 2. The first kappa shape index (κ1) is 33.3. The maximum Gasteiger partial charge on any atom is 0.338 e. The van der Waals surface area contributed by atoms with Crippen molar-refractivity contribution < 1.29 is 37.4 Å². The van der Waals surface area contributed by atoms with Crippen LogP contribution in [-0.4, -0.2) is 99.6 Å². The van der Waals surface area contributed by atoms with Crippen LogP contribution in [0.25, 0.3) is 0 Å². The van der Waals surface area contributed by atoms with Crippen molar-refractivity contribution in [2.45, 2.75) is 58.2 Å². The second-order valence-corrected chi connectivity index (χ2v) is 13.0. The summed E-state index contributed by atoms with van der Waals surface area (Å²) >= 11 is 1.27. The largest absolute Gasteiger partial charge is 0.481 e. The lowest BCUT2D eigenvalue weighted by atomic mass is 9.89. The molecule has 0 unspecified atom stereocenters. The number of amides is 2. The average molecular weight is 664 g/mol. The summed E-state index contributed by atoms with van der Waals surface area (Å²) < 4.78 is 52.0. The molecule has 2 fully saturated rings. The lowest BCUT2D eigenvalue weighted by Crippen LogP contribution is -2.53. The van der Waals surface area contributed by atoms with Crippen LogP contribution in [0.2, 0.25) is 0 Å². The van der Waals surface area contributed by atoms with Gasteiger partial charge in [-0.05, 0) is 51.3 Å². The highest BCUT2D eigenvalue weighted by molar-refractivity contribution is 7.11. The zero-order valence-corrected chi connectivity index (χ0v) is 26.6. The summed E-state index contributed by atoms with van der Waals surface area (Å²) in [4.78, 5) is 48.2. The third-order valence-electron chi connectivity index (χ3n) is 8.69. The number of likely N-dealkylation sites (tertiary alicyclic amines) is 1. The van der Waals surface area contributed by atoms with E-state index in [1.807, 2.05) is 0 Å². The number of halogens is 3. The van der Waals surface area contributed by atoms with E-state index in [9.17, 15) is 23.9 Å². The Bertz CT molecular complexity index is 1580. The highest BCUT2D eigenvalue weighted by atomic mass is 32.1. The number of amidine groups is 1. The number of nitrogens with one attached hydrogen (secondary N) is 1. The van der Waals surface area contributed by atoms with Crippen LogP contribution in [0.3, 0.4) is 0 Å². The highest BCUT2D eigenvalue weighted by Crippen LogP contribution is 2.43. The summed E-state index contributed by atoms with van der Waals surface area (Å²) in [6.07, 6.45) is 1.55. The van der Waals surface area contributed by atoms with Crippen molar-refractivity contribution in [3.05, 3.63) is 63.0 Å². The van der Waals surface area contributed by atoms with Crippen molar-refractivity contribution >= 4 is 35.1 Å². The van der Waals surface area contributed by atoms with Crippen LogP contribution in [0.15, 0.2) is 46.0 Å². The van der Waals surface area contributed by atoms with E-state index in [4.69, 9.17) is 15.5 Å². The Morgan fingerprint density at radius 3 is 2.65 bits per heavy atom. The van der Waals surface area contributed by atoms with Crippen molar-refractivity contribution in [1.82, 2.24) is 25.2 Å². The number of urea groups is 1. The number of aliphatic imine (C=N–C) groups is 1. The summed E-state index contributed by atoms with van der Waals surface area (Å²) in [7, 11) is 0. The van der Waals surface area contributed by atoms with Crippen LogP contribution >= 0.6 is 11.3 Å². The quantitative estimate of drug-likeness (QED) is 0.325. The molecule has 248 valence electrons. The lowest BCUT2D eigenvalue weighted by molar-refractivity contribution is -0.148. The van der Waals surface area contributed by atoms with Crippen molar-refractivity contribution in [2.24, 2.45) is 16.1 Å². The fourth-order valence-corrected chi connectivity index (χ4v) is 6.73. The molecule has 4 N–H and O–H groups in total. The predicted octanol–water partition coefficient (Wildman–Crippen LogP) is 3.30. The number of primary amides is 1. The van der Waals surface area contributed by atoms with Gasteiger partial charge < -0.3 is 20.9 Å². The van der Waals surface area contributed by atoms with Crippen LogP contribution in [0.4, 0.5) is 18.0 Å². The molecule has 0 spiro atoms. The molecule has 0 saturated carbocycles. The molecule has 2 saturated heterocycles. The first-order valence-corrected chi connectivity index (χ1v) is 15.6. The number of ether oxygens (including phenoxy) is 1. The molecule has 3 atom stereocenters. The topological polar surface area (TPSA) is 154 Å². The first-order chi connectivity index (χ1) is 21.7. The Labute approximate surface area is 267 Å². The summed E-state index contributed by atoms with van der Waals surface area (Å²) in [6.45, 7) is 4.92. The minimum atomic E-state index is -3.34. The van der Waals surface area contributed by atoms with Gasteiger partial charge in [0, 0.05) is 30.4 Å². The van der Waals surface area contributed by atoms with Gasteiger partial charge in [0.05, 0.1) is 36.7 Å². The highest BCUT2D eigenvalue weighted by Gasteiger charge is 2.62. The Morgan fingerprint density at radius 1 is 1.28 bits per heavy atom. The number of carboxylic acid groups (broad SMARTS) is 1. The number of benzene rings is 1. The number of fused-ring (bicyclic) bond motifs is 1. The molecule has 3 aliphatic heterocycles. The van der Waals surface area contributed by atoms with Gasteiger partial charge in [0.2, 0.25) is 0 Å². The molecule has 4 heterocycles. The second-order valence-electron chi connectivity index (χ2n) is 12.1. The van der Waals surface area contributed by atoms with Crippen LogP contribution in [-0.2, 0) is 14.3 Å². The molecule has 3 aliphatic rings. The molecule has 1 aromatic heterocycles. The lowest BCUT2D eigenvalue weighted by Gasteiger charge is -2.34. The number of thiazole rings is 1. The zero-order chi connectivity index (χ0) is 33.6. The van der Waals surface area contributed by atoms with Crippen LogP contribution in [0.1, 0.15) is 49.4 Å². The fourth-order valence-electron chi connectivity index (χ4n) is 6.14. The number of carboxylic acids is 1. The third kappa shape index (κ3) is 6.20. The maximum atomic E-state index is 15.9. The average Bonchev–Trinajstić information content (AvgIpc) is 3.71. The summed E-state index contributed by atoms with van der Waals surface area (Å²) in [5.41, 5.74) is 5.29. The van der Waals surface area contributed by atoms with Crippen LogP contribution in [0, 0.1) is 18.2 Å². The molecule has 0 radical (unpaired) electrons. The van der Waals surface area contributed by atoms with E-state index in [0.717, 1.165) is 5.01 Å². The van der Waals surface area contributed by atoms with E-state index < -0.39 is 59.8 Å². The molecule has 46 heavy (non-hydrogen) atoms. The SMILES string of the molecule is CCOC(=O)C1=C(CN2CC(F)(F)[C@H]3[C@@H]2CN(C(N)=O)N3CCC(C)(C)C(=O)O)NC(c2nccs2)=N[C@H]1c1cccc(F)c1C. The zero-order valence-electron chi connectivity index (χ0n) is 25.8. The van der Waals surface area contributed by atoms with E-state index in [-0.39, 0.29) is 55.3 Å². The first-order valence-electron chi connectivity index (χ1n) is 14.7. The monoisotopic (exact) mass is 663 g/mol. The van der Waals surface area contributed by atoms with Crippen LogP contribution < -0.4 is 11.1 Å². The Morgan fingerprint density at radius 2 is 2.02 bits per heavy atom. The molecule has 16 heteroatoms. The number of aliphatic carboxylic acids is 1. The second kappa shape index (κ2) is 12.6. The van der Waals surface area contributed by atoms with E-state index >= 15 is 8.78 Å². The number of aromatic nitrogens is 1. The summed E-state index contributed by atoms with van der Waals surface area (Å²) in [5.74, 6) is -5.41. The van der Waals surface area contributed by atoms with Gasteiger partial charge in [-0.2, -0.15) is 0 Å². The van der Waals surface area contributed by atoms with Gasteiger partial charge in [-0.1, -0.05) is 12.1 Å². The van der Waals surface area contributed by atoms with E-state index in [0.29, 0.717) is 10.6 Å². The molecular weight excluding hydrogens is 627 g/mol. The summed E-state index contributed by atoms with van der Waals surface area (Å²) in [6, 6.07) is 0.0404.